The Hall–Kier alpha value is -1.07. The van der Waals surface area contributed by atoms with E-state index in [4.69, 9.17) is 5.84 Å². The second-order valence-electron chi connectivity index (χ2n) is 4.28. The van der Waals surface area contributed by atoms with E-state index in [0.29, 0.717) is 5.56 Å². The van der Waals surface area contributed by atoms with Crippen LogP contribution >= 0.6 is 15.9 Å². The fourth-order valence-corrected chi connectivity index (χ4v) is 2.48. The Balaban J connectivity index is 2.90. The molecule has 0 saturated carbocycles. The number of nitrogen functional groups attached to an aromatic ring is 1. The number of benzene rings is 1. The van der Waals surface area contributed by atoms with Crippen molar-refractivity contribution in [2.75, 3.05) is 11.9 Å². The molecule has 1 rings (SSSR count). The highest BCUT2D eigenvalue weighted by molar-refractivity contribution is 9.10. The highest BCUT2D eigenvalue weighted by atomic mass is 79.9. The molecule has 0 saturated heterocycles. The number of anilines is 1. The SMILES string of the molecule is CCCCCNc1c(Br)cc(C)cc1C(=O)NN. The first kappa shape index (κ1) is 15.0. The number of hydrogen-bond acceptors (Lipinski definition) is 3. The van der Waals surface area contributed by atoms with Crippen LogP contribution in [0.15, 0.2) is 16.6 Å². The smallest absolute Gasteiger partial charge is 0.267 e. The average molecular weight is 314 g/mol. The number of amides is 1. The molecule has 0 aliphatic heterocycles. The lowest BCUT2D eigenvalue weighted by Gasteiger charge is -2.14. The van der Waals surface area contributed by atoms with Gasteiger partial charge in [-0.2, -0.15) is 0 Å². The van der Waals surface area contributed by atoms with Crippen LogP contribution < -0.4 is 16.6 Å². The molecule has 0 aliphatic carbocycles. The standard InChI is InChI=1S/C13H20BrN3O/c1-3-4-5-6-16-12-10(13(18)17-15)7-9(2)8-11(12)14/h7-8,16H,3-6,15H2,1-2H3,(H,17,18). The number of aryl methyl sites for hydroxylation is 1. The Morgan fingerprint density at radius 2 is 2.11 bits per heavy atom. The van der Waals surface area contributed by atoms with Crippen LogP contribution in [0.3, 0.4) is 0 Å². The Kier molecular flexibility index (Phi) is 6.15. The van der Waals surface area contributed by atoms with Crippen molar-refractivity contribution in [3.05, 3.63) is 27.7 Å². The van der Waals surface area contributed by atoms with Gasteiger partial charge in [-0.25, -0.2) is 5.84 Å². The third-order valence-corrected chi connectivity index (χ3v) is 3.32. The molecule has 4 N–H and O–H groups in total. The molecule has 0 heterocycles. The van der Waals surface area contributed by atoms with Crippen LogP contribution in [-0.2, 0) is 0 Å². The number of unbranched alkanes of at least 4 members (excludes halogenated alkanes) is 2. The normalized spacial score (nSPS) is 10.2. The Bertz CT molecular complexity index is 421. The number of carbonyl (C=O) groups excluding carboxylic acids is 1. The Labute approximate surface area is 116 Å². The number of hydrazine groups is 1. The quantitative estimate of drug-likeness (QED) is 0.327. The summed E-state index contributed by atoms with van der Waals surface area (Å²) in [5, 5.41) is 3.30. The van der Waals surface area contributed by atoms with E-state index >= 15 is 0 Å². The summed E-state index contributed by atoms with van der Waals surface area (Å²) in [6, 6.07) is 3.81. The van der Waals surface area contributed by atoms with Gasteiger partial charge in [0.25, 0.3) is 5.91 Å². The van der Waals surface area contributed by atoms with Crippen molar-refractivity contribution in [2.24, 2.45) is 5.84 Å². The van der Waals surface area contributed by atoms with Gasteiger partial charge in [-0.05, 0) is 47.0 Å². The van der Waals surface area contributed by atoms with Crippen molar-refractivity contribution in [3.8, 4) is 0 Å². The Morgan fingerprint density at radius 3 is 2.72 bits per heavy atom. The van der Waals surface area contributed by atoms with E-state index in [-0.39, 0.29) is 5.91 Å². The van der Waals surface area contributed by atoms with Crippen molar-refractivity contribution in [2.45, 2.75) is 33.1 Å². The molecule has 1 amide bonds. The molecule has 0 atom stereocenters. The van der Waals surface area contributed by atoms with Gasteiger partial charge in [0, 0.05) is 11.0 Å². The number of nitrogens with one attached hydrogen (secondary N) is 2. The molecule has 100 valence electrons. The lowest BCUT2D eigenvalue weighted by molar-refractivity contribution is 0.0954. The van der Waals surface area contributed by atoms with Crippen molar-refractivity contribution in [3.63, 3.8) is 0 Å². The first-order valence-corrected chi connectivity index (χ1v) is 6.94. The van der Waals surface area contributed by atoms with E-state index < -0.39 is 0 Å². The zero-order valence-electron chi connectivity index (χ0n) is 10.8. The van der Waals surface area contributed by atoms with Gasteiger partial charge < -0.3 is 5.32 Å². The van der Waals surface area contributed by atoms with Gasteiger partial charge in [0.2, 0.25) is 0 Å². The number of nitrogens with two attached hydrogens (primary N) is 1. The number of carbonyl (C=O) groups is 1. The predicted octanol–water partition coefficient (Wildman–Crippen LogP) is 2.96. The minimum absolute atomic E-state index is 0.280. The zero-order chi connectivity index (χ0) is 13.5. The summed E-state index contributed by atoms with van der Waals surface area (Å²) < 4.78 is 0.887. The maximum atomic E-state index is 11.7. The summed E-state index contributed by atoms with van der Waals surface area (Å²) >= 11 is 3.48. The van der Waals surface area contributed by atoms with Gasteiger partial charge in [0.15, 0.2) is 0 Å². The minimum Gasteiger partial charge on any atom is -0.383 e. The molecule has 0 radical (unpaired) electrons. The van der Waals surface area contributed by atoms with E-state index in [0.717, 1.165) is 28.7 Å². The summed E-state index contributed by atoms with van der Waals surface area (Å²) in [5.74, 6) is 4.93. The molecular formula is C13H20BrN3O. The van der Waals surface area contributed by atoms with Crippen LogP contribution in [0.25, 0.3) is 0 Å². The summed E-state index contributed by atoms with van der Waals surface area (Å²) in [7, 11) is 0. The highest BCUT2D eigenvalue weighted by Crippen LogP contribution is 2.28. The molecule has 5 heteroatoms. The average Bonchev–Trinajstić information content (AvgIpc) is 2.35. The van der Waals surface area contributed by atoms with Crippen LogP contribution in [0.5, 0.6) is 0 Å². The number of halogens is 1. The van der Waals surface area contributed by atoms with Crippen molar-refractivity contribution in [1.29, 1.82) is 0 Å². The van der Waals surface area contributed by atoms with Gasteiger partial charge >= 0.3 is 0 Å². The minimum atomic E-state index is -0.280. The summed E-state index contributed by atoms with van der Waals surface area (Å²) in [4.78, 5) is 11.7. The number of rotatable bonds is 6. The van der Waals surface area contributed by atoms with Gasteiger partial charge in [-0.15, -0.1) is 0 Å². The van der Waals surface area contributed by atoms with E-state index in [1.807, 2.05) is 19.1 Å². The van der Waals surface area contributed by atoms with Gasteiger partial charge in [-0.1, -0.05) is 19.8 Å². The van der Waals surface area contributed by atoms with Crippen LogP contribution in [0, 0.1) is 6.92 Å². The molecule has 0 bridgehead atoms. The fourth-order valence-electron chi connectivity index (χ4n) is 1.77. The Morgan fingerprint density at radius 1 is 1.39 bits per heavy atom. The topological polar surface area (TPSA) is 67.2 Å². The van der Waals surface area contributed by atoms with Crippen molar-refractivity contribution < 1.29 is 4.79 Å². The first-order chi connectivity index (χ1) is 8.60. The van der Waals surface area contributed by atoms with E-state index in [9.17, 15) is 4.79 Å². The van der Waals surface area contributed by atoms with E-state index in [1.54, 1.807) is 0 Å². The second kappa shape index (κ2) is 7.38. The molecule has 1 aromatic rings. The van der Waals surface area contributed by atoms with Gasteiger partial charge in [0.1, 0.15) is 0 Å². The van der Waals surface area contributed by atoms with Gasteiger partial charge in [0.05, 0.1) is 11.3 Å². The zero-order valence-corrected chi connectivity index (χ0v) is 12.4. The van der Waals surface area contributed by atoms with Crippen LogP contribution in [0.1, 0.15) is 42.1 Å². The molecule has 0 spiro atoms. The van der Waals surface area contributed by atoms with E-state index in [2.05, 4.69) is 33.6 Å². The largest absolute Gasteiger partial charge is 0.383 e. The molecule has 18 heavy (non-hydrogen) atoms. The fraction of sp³-hybridized carbons (Fsp3) is 0.462. The van der Waals surface area contributed by atoms with Crippen LogP contribution in [0.4, 0.5) is 5.69 Å². The highest BCUT2D eigenvalue weighted by Gasteiger charge is 2.13. The lowest BCUT2D eigenvalue weighted by Crippen LogP contribution is -2.30. The van der Waals surface area contributed by atoms with E-state index in [1.165, 1.54) is 12.8 Å². The predicted molar refractivity (Wildman–Crippen MR) is 78.5 cm³/mol. The molecule has 0 aromatic heterocycles. The monoisotopic (exact) mass is 313 g/mol. The summed E-state index contributed by atoms with van der Waals surface area (Å²) in [6.07, 6.45) is 3.43. The molecule has 4 nitrogen and oxygen atoms in total. The van der Waals surface area contributed by atoms with Crippen molar-refractivity contribution in [1.82, 2.24) is 5.43 Å². The van der Waals surface area contributed by atoms with Crippen molar-refractivity contribution >= 4 is 27.5 Å². The summed E-state index contributed by atoms with van der Waals surface area (Å²) in [5.41, 5.74) is 4.57. The number of hydrogen-bond donors (Lipinski definition) is 3. The summed E-state index contributed by atoms with van der Waals surface area (Å²) in [6.45, 7) is 4.95. The lowest BCUT2D eigenvalue weighted by atomic mass is 10.1. The molecular weight excluding hydrogens is 294 g/mol. The third-order valence-electron chi connectivity index (χ3n) is 2.69. The molecule has 0 fully saturated rings. The maximum Gasteiger partial charge on any atom is 0.267 e. The maximum absolute atomic E-state index is 11.7. The van der Waals surface area contributed by atoms with Crippen LogP contribution in [-0.4, -0.2) is 12.5 Å². The molecule has 0 unspecified atom stereocenters. The second-order valence-corrected chi connectivity index (χ2v) is 5.13. The van der Waals surface area contributed by atoms with Gasteiger partial charge in [-0.3, -0.25) is 10.2 Å². The van der Waals surface area contributed by atoms with Crippen LogP contribution in [0.2, 0.25) is 0 Å². The first-order valence-electron chi connectivity index (χ1n) is 6.15. The molecule has 1 aromatic carbocycles. The molecule has 0 aliphatic rings. The third kappa shape index (κ3) is 3.99.